The lowest BCUT2D eigenvalue weighted by Gasteiger charge is -2.12. The molecule has 1 aliphatic heterocycles. The van der Waals surface area contributed by atoms with E-state index in [4.69, 9.17) is 4.74 Å². The maximum atomic E-state index is 12.3. The van der Waals surface area contributed by atoms with Crippen molar-refractivity contribution in [3.05, 3.63) is 35.7 Å². The van der Waals surface area contributed by atoms with E-state index < -0.39 is 0 Å². The first-order valence-electron chi connectivity index (χ1n) is 9.37. The zero-order chi connectivity index (χ0) is 17.5. The molecule has 1 atom stereocenters. The molecule has 136 valence electrons. The van der Waals surface area contributed by atoms with E-state index in [1.165, 1.54) is 43.0 Å². The molecule has 2 aromatic rings. The second-order valence-electron chi connectivity index (χ2n) is 7.36. The minimum atomic E-state index is 0.0212. The van der Waals surface area contributed by atoms with Crippen LogP contribution < -0.4 is 10.1 Å². The third-order valence-corrected chi connectivity index (χ3v) is 6.06. The molecule has 1 amide bonds. The standard InChI is InChI=1S/C19H22N4O2S/c24-17(20-10-15-9-13-3-1-2-4-16(13)25-15)11-26-19-22-21-18(12-5-6-12)23(19)14-7-8-14/h1-4,12,14-15H,5-11H2,(H,20,24). The summed E-state index contributed by atoms with van der Waals surface area (Å²) in [5.74, 6) is 3.05. The second-order valence-corrected chi connectivity index (χ2v) is 8.30. The Morgan fingerprint density at radius 1 is 1.23 bits per heavy atom. The molecular weight excluding hydrogens is 348 g/mol. The molecule has 1 N–H and O–H groups in total. The van der Waals surface area contributed by atoms with Gasteiger partial charge in [0, 0.05) is 18.4 Å². The summed E-state index contributed by atoms with van der Waals surface area (Å²) in [5.41, 5.74) is 1.21. The molecular formula is C19H22N4O2S. The van der Waals surface area contributed by atoms with E-state index in [0.29, 0.717) is 24.3 Å². The highest BCUT2D eigenvalue weighted by atomic mass is 32.2. The van der Waals surface area contributed by atoms with Crippen molar-refractivity contribution < 1.29 is 9.53 Å². The summed E-state index contributed by atoms with van der Waals surface area (Å²) in [6.45, 7) is 0.538. The molecule has 2 heterocycles. The van der Waals surface area contributed by atoms with Gasteiger partial charge in [0.2, 0.25) is 5.91 Å². The van der Waals surface area contributed by atoms with Gasteiger partial charge in [-0.2, -0.15) is 0 Å². The predicted octanol–water partition coefficient (Wildman–Crippen LogP) is 2.70. The minimum absolute atomic E-state index is 0.0212. The van der Waals surface area contributed by atoms with Crippen LogP contribution in [-0.2, 0) is 11.2 Å². The van der Waals surface area contributed by atoms with Crippen LogP contribution >= 0.6 is 11.8 Å². The zero-order valence-corrected chi connectivity index (χ0v) is 15.4. The third-order valence-electron chi connectivity index (χ3n) is 5.12. The van der Waals surface area contributed by atoms with Crippen molar-refractivity contribution in [1.29, 1.82) is 0 Å². The van der Waals surface area contributed by atoms with Crippen LogP contribution in [0.15, 0.2) is 29.4 Å². The Hall–Kier alpha value is -2.02. The molecule has 2 aliphatic carbocycles. The number of benzene rings is 1. The van der Waals surface area contributed by atoms with Gasteiger partial charge in [-0.3, -0.25) is 4.79 Å². The number of ether oxygens (including phenoxy) is 1. The molecule has 0 spiro atoms. The molecule has 0 saturated heterocycles. The average molecular weight is 370 g/mol. The molecule has 3 aliphatic rings. The molecule has 2 fully saturated rings. The molecule has 26 heavy (non-hydrogen) atoms. The Morgan fingerprint density at radius 3 is 2.85 bits per heavy atom. The molecule has 2 saturated carbocycles. The summed E-state index contributed by atoms with van der Waals surface area (Å²) in [6, 6.07) is 8.61. The number of rotatable bonds is 7. The lowest BCUT2D eigenvalue weighted by atomic mass is 10.1. The quantitative estimate of drug-likeness (QED) is 0.759. The van der Waals surface area contributed by atoms with E-state index in [1.807, 2.05) is 18.2 Å². The number of carbonyl (C=O) groups excluding carboxylic acids is 1. The van der Waals surface area contributed by atoms with Gasteiger partial charge in [-0.25, -0.2) is 0 Å². The number of carbonyl (C=O) groups is 1. The molecule has 0 bridgehead atoms. The van der Waals surface area contributed by atoms with Crippen molar-refractivity contribution in [2.75, 3.05) is 12.3 Å². The largest absolute Gasteiger partial charge is 0.488 e. The summed E-state index contributed by atoms with van der Waals surface area (Å²) in [5, 5.41) is 12.6. The lowest BCUT2D eigenvalue weighted by molar-refractivity contribution is -0.118. The van der Waals surface area contributed by atoms with Crippen LogP contribution in [0.25, 0.3) is 0 Å². The first kappa shape index (κ1) is 16.2. The molecule has 1 aromatic heterocycles. The van der Waals surface area contributed by atoms with E-state index >= 15 is 0 Å². The van der Waals surface area contributed by atoms with Crippen LogP contribution in [0.1, 0.15) is 49.0 Å². The number of amides is 1. The summed E-state index contributed by atoms with van der Waals surface area (Å²) in [6.07, 6.45) is 5.73. The highest BCUT2D eigenvalue weighted by molar-refractivity contribution is 7.99. The fourth-order valence-electron chi connectivity index (χ4n) is 3.46. The molecule has 0 radical (unpaired) electrons. The third kappa shape index (κ3) is 3.32. The van der Waals surface area contributed by atoms with Crippen LogP contribution in [0.2, 0.25) is 0 Å². The van der Waals surface area contributed by atoms with Gasteiger partial charge >= 0.3 is 0 Å². The Labute approximate surface area is 156 Å². The van der Waals surface area contributed by atoms with E-state index in [-0.39, 0.29) is 12.0 Å². The van der Waals surface area contributed by atoms with E-state index in [9.17, 15) is 4.79 Å². The van der Waals surface area contributed by atoms with Crippen LogP contribution in [0, 0.1) is 0 Å². The lowest BCUT2D eigenvalue weighted by Crippen LogP contribution is -2.35. The summed E-state index contributed by atoms with van der Waals surface area (Å²) >= 11 is 1.50. The van der Waals surface area contributed by atoms with E-state index in [0.717, 1.165) is 23.2 Å². The number of hydrogen-bond donors (Lipinski definition) is 1. The first-order chi connectivity index (χ1) is 12.8. The van der Waals surface area contributed by atoms with Gasteiger partial charge in [-0.05, 0) is 37.3 Å². The fraction of sp³-hybridized carbons (Fsp3) is 0.526. The summed E-state index contributed by atoms with van der Waals surface area (Å²) in [4.78, 5) is 12.3. The Balaban J connectivity index is 1.13. The Bertz CT molecular complexity index is 804. The number of hydrogen-bond acceptors (Lipinski definition) is 5. The number of aromatic nitrogens is 3. The van der Waals surface area contributed by atoms with Gasteiger partial charge in [0.15, 0.2) is 5.16 Å². The van der Waals surface area contributed by atoms with Crippen LogP contribution in [0.3, 0.4) is 0 Å². The highest BCUT2D eigenvalue weighted by Gasteiger charge is 2.36. The number of fused-ring (bicyclic) bond motifs is 1. The number of nitrogens with zero attached hydrogens (tertiary/aromatic N) is 3. The van der Waals surface area contributed by atoms with Gasteiger partial charge in [0.25, 0.3) is 0 Å². The van der Waals surface area contributed by atoms with Crippen molar-refractivity contribution in [2.45, 2.75) is 55.3 Å². The van der Waals surface area contributed by atoms with Crippen molar-refractivity contribution in [2.24, 2.45) is 0 Å². The van der Waals surface area contributed by atoms with E-state index in [1.54, 1.807) is 0 Å². The highest BCUT2D eigenvalue weighted by Crippen LogP contribution is 2.45. The maximum absolute atomic E-state index is 12.3. The van der Waals surface area contributed by atoms with Gasteiger partial charge < -0.3 is 14.6 Å². The first-order valence-corrected chi connectivity index (χ1v) is 10.4. The van der Waals surface area contributed by atoms with Crippen molar-refractivity contribution in [1.82, 2.24) is 20.1 Å². The molecule has 6 nitrogen and oxygen atoms in total. The molecule has 7 heteroatoms. The van der Waals surface area contributed by atoms with E-state index in [2.05, 4.69) is 26.1 Å². The maximum Gasteiger partial charge on any atom is 0.230 e. The van der Waals surface area contributed by atoms with Crippen molar-refractivity contribution >= 4 is 17.7 Å². The Morgan fingerprint density at radius 2 is 2.08 bits per heavy atom. The van der Waals surface area contributed by atoms with Gasteiger partial charge in [0.05, 0.1) is 12.3 Å². The number of thioether (sulfide) groups is 1. The molecule has 1 aromatic carbocycles. The smallest absolute Gasteiger partial charge is 0.230 e. The second kappa shape index (κ2) is 6.61. The Kier molecular flexibility index (Phi) is 4.11. The topological polar surface area (TPSA) is 69.0 Å². The normalized spacial score (nSPS) is 21.3. The summed E-state index contributed by atoms with van der Waals surface area (Å²) < 4.78 is 8.15. The van der Waals surface area contributed by atoms with Crippen LogP contribution in [0.5, 0.6) is 5.75 Å². The van der Waals surface area contributed by atoms with Crippen molar-refractivity contribution in [3.8, 4) is 5.75 Å². The minimum Gasteiger partial charge on any atom is -0.488 e. The number of para-hydroxylation sites is 1. The summed E-state index contributed by atoms with van der Waals surface area (Å²) in [7, 11) is 0. The predicted molar refractivity (Wildman–Crippen MR) is 98.6 cm³/mol. The van der Waals surface area contributed by atoms with Crippen LogP contribution in [0.4, 0.5) is 0 Å². The van der Waals surface area contributed by atoms with Crippen LogP contribution in [-0.4, -0.2) is 39.1 Å². The fourth-order valence-corrected chi connectivity index (χ4v) is 4.30. The molecule has 1 unspecified atom stereocenters. The monoisotopic (exact) mass is 370 g/mol. The van der Waals surface area contributed by atoms with Gasteiger partial charge in [-0.15, -0.1) is 10.2 Å². The average Bonchev–Trinajstić information content (AvgIpc) is 3.59. The van der Waals surface area contributed by atoms with Gasteiger partial charge in [0.1, 0.15) is 17.7 Å². The van der Waals surface area contributed by atoms with Gasteiger partial charge in [-0.1, -0.05) is 30.0 Å². The SMILES string of the molecule is O=C(CSc1nnc(C2CC2)n1C1CC1)NCC1Cc2ccccc2O1. The zero-order valence-electron chi connectivity index (χ0n) is 14.6. The number of nitrogens with one attached hydrogen (secondary N) is 1. The van der Waals surface area contributed by atoms with Crippen molar-refractivity contribution in [3.63, 3.8) is 0 Å². The molecule has 5 rings (SSSR count).